The Labute approximate surface area is 112 Å². The van der Waals surface area contributed by atoms with Crippen molar-refractivity contribution in [3.63, 3.8) is 0 Å². The van der Waals surface area contributed by atoms with Crippen molar-refractivity contribution in [3.05, 3.63) is 65.5 Å². The van der Waals surface area contributed by atoms with Gasteiger partial charge in [-0.2, -0.15) is 0 Å². The first-order valence-corrected chi connectivity index (χ1v) is 6.37. The summed E-state index contributed by atoms with van der Waals surface area (Å²) in [7, 11) is 1.91. The third-order valence-electron chi connectivity index (χ3n) is 3.20. The van der Waals surface area contributed by atoms with Gasteiger partial charge >= 0.3 is 0 Å². The third-order valence-corrected chi connectivity index (χ3v) is 3.20. The Bertz CT molecular complexity index is 525. The van der Waals surface area contributed by atoms with Crippen molar-refractivity contribution in [2.24, 2.45) is 0 Å². The molecule has 0 fully saturated rings. The van der Waals surface area contributed by atoms with Crippen LogP contribution in [0.4, 0.5) is 4.39 Å². The van der Waals surface area contributed by atoms with Crippen molar-refractivity contribution >= 4 is 0 Å². The molecule has 3 heteroatoms. The molecule has 19 heavy (non-hydrogen) atoms. The van der Waals surface area contributed by atoms with Crippen LogP contribution in [0.15, 0.2) is 48.5 Å². The van der Waals surface area contributed by atoms with E-state index in [1.807, 2.05) is 31.3 Å². The van der Waals surface area contributed by atoms with E-state index >= 15 is 0 Å². The van der Waals surface area contributed by atoms with E-state index in [0.717, 1.165) is 24.0 Å². The predicted molar refractivity (Wildman–Crippen MR) is 74.8 cm³/mol. The van der Waals surface area contributed by atoms with Crippen LogP contribution in [-0.4, -0.2) is 18.2 Å². The van der Waals surface area contributed by atoms with Crippen molar-refractivity contribution < 1.29 is 9.50 Å². The molecule has 0 radical (unpaired) electrons. The number of nitrogens with one attached hydrogen (secondary N) is 1. The van der Waals surface area contributed by atoms with Crippen molar-refractivity contribution in [1.29, 1.82) is 0 Å². The van der Waals surface area contributed by atoms with Gasteiger partial charge < -0.3 is 10.4 Å². The fourth-order valence-corrected chi connectivity index (χ4v) is 2.15. The zero-order valence-electron chi connectivity index (χ0n) is 10.9. The molecule has 2 aromatic carbocycles. The van der Waals surface area contributed by atoms with Crippen LogP contribution in [0.1, 0.15) is 11.1 Å². The van der Waals surface area contributed by atoms with E-state index < -0.39 is 0 Å². The van der Waals surface area contributed by atoms with Crippen LogP contribution in [0.5, 0.6) is 5.75 Å². The average molecular weight is 259 g/mol. The standard InChI is InChI=1S/C16H18FNO/c1-18-15(9-12-5-7-14(17)8-6-12)10-13-3-2-4-16(19)11-13/h2-8,11,15,18-19H,9-10H2,1H3. The largest absolute Gasteiger partial charge is 0.508 e. The molecule has 2 aromatic rings. The van der Waals surface area contributed by atoms with Gasteiger partial charge in [0, 0.05) is 6.04 Å². The van der Waals surface area contributed by atoms with Crippen LogP contribution in [0.2, 0.25) is 0 Å². The van der Waals surface area contributed by atoms with E-state index in [4.69, 9.17) is 0 Å². The lowest BCUT2D eigenvalue weighted by atomic mass is 9.99. The summed E-state index contributed by atoms with van der Waals surface area (Å²) in [6.45, 7) is 0. The van der Waals surface area contributed by atoms with Crippen molar-refractivity contribution in [2.75, 3.05) is 7.05 Å². The second kappa shape index (κ2) is 6.34. The maximum absolute atomic E-state index is 12.9. The summed E-state index contributed by atoms with van der Waals surface area (Å²) >= 11 is 0. The van der Waals surface area contributed by atoms with Gasteiger partial charge in [-0.15, -0.1) is 0 Å². The molecule has 0 heterocycles. The van der Waals surface area contributed by atoms with Gasteiger partial charge in [-0.05, 0) is 55.3 Å². The molecule has 0 aliphatic heterocycles. The summed E-state index contributed by atoms with van der Waals surface area (Å²) in [5.41, 5.74) is 2.18. The predicted octanol–water partition coefficient (Wildman–Crippen LogP) is 2.90. The number of aromatic hydroxyl groups is 1. The minimum absolute atomic E-state index is 0.210. The smallest absolute Gasteiger partial charge is 0.123 e. The number of benzene rings is 2. The number of likely N-dealkylation sites (N-methyl/N-ethyl adjacent to an activating group) is 1. The Kier molecular flexibility index (Phi) is 4.53. The molecule has 100 valence electrons. The molecular weight excluding hydrogens is 241 g/mol. The molecule has 2 N–H and O–H groups in total. The molecule has 1 unspecified atom stereocenters. The highest BCUT2D eigenvalue weighted by atomic mass is 19.1. The summed E-state index contributed by atoms with van der Waals surface area (Å²) in [5.74, 6) is 0.0758. The van der Waals surface area contributed by atoms with Gasteiger partial charge in [0.15, 0.2) is 0 Å². The second-order valence-corrected chi connectivity index (χ2v) is 4.69. The van der Waals surface area contributed by atoms with E-state index in [-0.39, 0.29) is 17.6 Å². The normalized spacial score (nSPS) is 12.3. The van der Waals surface area contributed by atoms with E-state index in [9.17, 15) is 9.50 Å². The van der Waals surface area contributed by atoms with Crippen molar-refractivity contribution in [1.82, 2.24) is 5.32 Å². The Balaban J connectivity index is 2.02. The number of hydrogen-bond acceptors (Lipinski definition) is 2. The van der Waals surface area contributed by atoms with Crippen LogP contribution in [0, 0.1) is 5.82 Å². The topological polar surface area (TPSA) is 32.3 Å². The zero-order valence-corrected chi connectivity index (χ0v) is 10.9. The van der Waals surface area contributed by atoms with Crippen molar-refractivity contribution in [3.8, 4) is 5.75 Å². The lowest BCUT2D eigenvalue weighted by molar-refractivity contribution is 0.473. The number of phenolic OH excluding ortho intramolecular Hbond substituents is 1. The van der Waals surface area contributed by atoms with Gasteiger partial charge in [0.2, 0.25) is 0 Å². The van der Waals surface area contributed by atoms with Gasteiger partial charge in [-0.1, -0.05) is 24.3 Å². The van der Waals surface area contributed by atoms with Crippen molar-refractivity contribution in [2.45, 2.75) is 18.9 Å². The maximum atomic E-state index is 12.9. The third kappa shape index (κ3) is 4.07. The first-order chi connectivity index (χ1) is 9.17. The number of phenols is 1. The first kappa shape index (κ1) is 13.6. The van der Waals surface area contributed by atoms with Gasteiger partial charge in [0.1, 0.15) is 11.6 Å². The molecule has 0 spiro atoms. The minimum atomic E-state index is -0.210. The van der Waals surface area contributed by atoms with E-state index in [0.29, 0.717) is 0 Å². The number of rotatable bonds is 5. The number of hydrogen-bond donors (Lipinski definition) is 2. The number of halogens is 1. The fourth-order valence-electron chi connectivity index (χ4n) is 2.15. The minimum Gasteiger partial charge on any atom is -0.508 e. The summed E-state index contributed by atoms with van der Waals surface area (Å²) in [6, 6.07) is 14.1. The van der Waals surface area contributed by atoms with Crippen LogP contribution >= 0.6 is 0 Å². The average Bonchev–Trinajstić information content (AvgIpc) is 2.40. The van der Waals surface area contributed by atoms with Gasteiger partial charge in [0.05, 0.1) is 0 Å². The molecule has 1 atom stereocenters. The Hall–Kier alpha value is -1.87. The maximum Gasteiger partial charge on any atom is 0.123 e. The SMILES string of the molecule is CNC(Cc1ccc(F)cc1)Cc1cccc(O)c1. The van der Waals surface area contributed by atoms with E-state index in [2.05, 4.69) is 5.32 Å². The monoisotopic (exact) mass is 259 g/mol. The molecule has 0 saturated carbocycles. The molecular formula is C16H18FNO. The summed E-state index contributed by atoms with van der Waals surface area (Å²) in [6.07, 6.45) is 1.65. The van der Waals surface area contributed by atoms with Gasteiger partial charge in [-0.25, -0.2) is 4.39 Å². The quantitative estimate of drug-likeness (QED) is 0.865. The lowest BCUT2D eigenvalue weighted by Gasteiger charge is -2.16. The highest BCUT2D eigenvalue weighted by molar-refractivity contribution is 5.28. The second-order valence-electron chi connectivity index (χ2n) is 4.69. The Morgan fingerprint density at radius 2 is 1.74 bits per heavy atom. The molecule has 0 aromatic heterocycles. The summed E-state index contributed by atoms with van der Waals surface area (Å²) < 4.78 is 12.9. The Morgan fingerprint density at radius 1 is 1.05 bits per heavy atom. The highest BCUT2D eigenvalue weighted by Gasteiger charge is 2.09. The lowest BCUT2D eigenvalue weighted by Crippen LogP contribution is -2.29. The van der Waals surface area contributed by atoms with Crippen LogP contribution in [0.25, 0.3) is 0 Å². The molecule has 0 aliphatic carbocycles. The van der Waals surface area contributed by atoms with E-state index in [1.54, 1.807) is 12.1 Å². The highest BCUT2D eigenvalue weighted by Crippen LogP contribution is 2.14. The molecule has 2 rings (SSSR count). The molecule has 0 saturated heterocycles. The zero-order chi connectivity index (χ0) is 13.7. The molecule has 0 amide bonds. The molecule has 0 aliphatic rings. The van der Waals surface area contributed by atoms with Crippen LogP contribution in [0.3, 0.4) is 0 Å². The van der Waals surface area contributed by atoms with Crippen LogP contribution < -0.4 is 5.32 Å². The first-order valence-electron chi connectivity index (χ1n) is 6.37. The fraction of sp³-hybridized carbons (Fsp3) is 0.250. The molecule has 0 bridgehead atoms. The molecule has 2 nitrogen and oxygen atoms in total. The van der Waals surface area contributed by atoms with Crippen LogP contribution in [-0.2, 0) is 12.8 Å². The summed E-state index contributed by atoms with van der Waals surface area (Å²) in [5, 5.41) is 12.7. The van der Waals surface area contributed by atoms with Gasteiger partial charge in [0.25, 0.3) is 0 Å². The van der Waals surface area contributed by atoms with E-state index in [1.165, 1.54) is 12.1 Å². The summed E-state index contributed by atoms with van der Waals surface area (Å²) in [4.78, 5) is 0. The van der Waals surface area contributed by atoms with Gasteiger partial charge in [-0.3, -0.25) is 0 Å². The Morgan fingerprint density at radius 3 is 2.37 bits per heavy atom.